The number of aromatic nitrogens is 3. The van der Waals surface area contributed by atoms with Crippen molar-refractivity contribution in [2.75, 3.05) is 13.4 Å². The van der Waals surface area contributed by atoms with Crippen molar-refractivity contribution in [3.05, 3.63) is 53.0 Å². The van der Waals surface area contributed by atoms with E-state index in [-0.39, 0.29) is 10.2 Å². The molecule has 2 aromatic heterocycles. The van der Waals surface area contributed by atoms with Gasteiger partial charge in [-0.2, -0.15) is 0 Å². The highest BCUT2D eigenvalue weighted by molar-refractivity contribution is 7.90. The van der Waals surface area contributed by atoms with Gasteiger partial charge in [-0.05, 0) is 30.3 Å². The molecule has 0 fully saturated rings. The molecule has 0 unspecified atom stereocenters. The van der Waals surface area contributed by atoms with E-state index in [2.05, 4.69) is 9.97 Å². The van der Waals surface area contributed by atoms with Gasteiger partial charge in [-0.1, -0.05) is 23.2 Å². The van der Waals surface area contributed by atoms with Crippen LogP contribution in [-0.4, -0.2) is 36.3 Å². The van der Waals surface area contributed by atoms with E-state index in [0.717, 1.165) is 11.8 Å². The van der Waals surface area contributed by atoms with Crippen LogP contribution in [0.25, 0.3) is 16.9 Å². The van der Waals surface area contributed by atoms with Crippen LogP contribution < -0.4 is 4.74 Å². The minimum absolute atomic E-state index is 0.00324. The van der Waals surface area contributed by atoms with Gasteiger partial charge in [0.2, 0.25) is 0 Å². The molecule has 1 aromatic carbocycles. The lowest BCUT2D eigenvalue weighted by Gasteiger charge is -2.11. The van der Waals surface area contributed by atoms with Crippen molar-refractivity contribution in [2.45, 2.75) is 5.03 Å². The van der Waals surface area contributed by atoms with Crippen molar-refractivity contribution in [1.29, 1.82) is 0 Å². The van der Waals surface area contributed by atoms with Gasteiger partial charge < -0.3 is 4.74 Å². The van der Waals surface area contributed by atoms with Crippen LogP contribution in [0.4, 0.5) is 0 Å². The molecule has 25 heavy (non-hydrogen) atoms. The molecule has 0 saturated heterocycles. The van der Waals surface area contributed by atoms with Gasteiger partial charge in [-0.25, -0.2) is 18.4 Å². The number of halogens is 2. The molecule has 0 amide bonds. The Morgan fingerprint density at radius 2 is 1.88 bits per heavy atom. The number of ether oxygens (including phenoxy) is 1. The molecule has 0 spiro atoms. The summed E-state index contributed by atoms with van der Waals surface area (Å²) < 4.78 is 29.9. The van der Waals surface area contributed by atoms with Gasteiger partial charge in [0.1, 0.15) is 12.1 Å². The van der Waals surface area contributed by atoms with E-state index in [0.29, 0.717) is 22.2 Å². The van der Waals surface area contributed by atoms with Crippen LogP contribution in [0, 0.1) is 0 Å². The third-order valence-electron chi connectivity index (χ3n) is 3.53. The van der Waals surface area contributed by atoms with E-state index >= 15 is 0 Å². The molecule has 0 aliphatic heterocycles. The summed E-state index contributed by atoms with van der Waals surface area (Å²) in [5.41, 5.74) is 1.97. The molecule has 3 rings (SSSR count). The lowest BCUT2D eigenvalue weighted by Crippen LogP contribution is -2.02. The molecule has 9 heteroatoms. The van der Waals surface area contributed by atoms with Crippen molar-refractivity contribution in [3.63, 3.8) is 0 Å². The Hall–Kier alpha value is -2.09. The van der Waals surface area contributed by atoms with Crippen molar-refractivity contribution in [3.8, 4) is 22.7 Å². The first-order chi connectivity index (χ1) is 11.8. The molecule has 0 radical (unpaired) electrons. The maximum atomic E-state index is 11.5. The van der Waals surface area contributed by atoms with Crippen LogP contribution in [0.5, 0.6) is 5.75 Å². The average molecular weight is 398 g/mol. The molecule has 2 heterocycles. The van der Waals surface area contributed by atoms with E-state index in [9.17, 15) is 8.42 Å². The Morgan fingerprint density at radius 3 is 2.44 bits per heavy atom. The Balaban J connectivity index is 2.10. The predicted molar refractivity (Wildman–Crippen MR) is 96.5 cm³/mol. The molecule has 0 atom stereocenters. The summed E-state index contributed by atoms with van der Waals surface area (Å²) in [4.78, 5) is 8.11. The second kappa shape index (κ2) is 6.67. The zero-order chi connectivity index (χ0) is 18.2. The highest BCUT2D eigenvalue weighted by atomic mass is 35.5. The van der Waals surface area contributed by atoms with Crippen LogP contribution in [0.2, 0.25) is 10.2 Å². The molecule has 3 aromatic rings. The van der Waals surface area contributed by atoms with Crippen LogP contribution in [0.1, 0.15) is 0 Å². The van der Waals surface area contributed by atoms with Crippen LogP contribution in [-0.2, 0) is 9.84 Å². The Bertz CT molecular complexity index is 1030. The van der Waals surface area contributed by atoms with Gasteiger partial charge >= 0.3 is 0 Å². The highest BCUT2D eigenvalue weighted by Crippen LogP contribution is 2.34. The zero-order valence-corrected chi connectivity index (χ0v) is 15.6. The third kappa shape index (κ3) is 3.49. The number of nitrogens with zero attached hydrogens (tertiary/aromatic N) is 3. The summed E-state index contributed by atoms with van der Waals surface area (Å²) in [6, 6.07) is 8.33. The predicted octanol–water partition coefficient (Wildman–Crippen LogP) is 3.65. The first-order valence-electron chi connectivity index (χ1n) is 7.04. The average Bonchev–Trinajstić information content (AvgIpc) is 2.95. The lowest BCUT2D eigenvalue weighted by atomic mass is 10.1. The molecule has 0 aliphatic carbocycles. The second-order valence-corrected chi connectivity index (χ2v) is 7.96. The maximum Gasteiger partial charge on any atom is 0.192 e. The largest absolute Gasteiger partial charge is 0.495 e. The van der Waals surface area contributed by atoms with Crippen molar-refractivity contribution in [1.82, 2.24) is 14.5 Å². The fraction of sp³-hybridized carbons (Fsp3) is 0.125. The van der Waals surface area contributed by atoms with Gasteiger partial charge in [0, 0.05) is 11.8 Å². The van der Waals surface area contributed by atoms with Crippen molar-refractivity contribution >= 4 is 33.0 Å². The minimum Gasteiger partial charge on any atom is -0.495 e. The van der Waals surface area contributed by atoms with Gasteiger partial charge in [0.05, 0.1) is 29.7 Å². The Morgan fingerprint density at radius 1 is 1.12 bits per heavy atom. The van der Waals surface area contributed by atoms with E-state index in [1.165, 1.54) is 25.7 Å². The normalized spacial score (nSPS) is 11.5. The fourth-order valence-corrected chi connectivity index (χ4v) is 3.39. The third-order valence-corrected chi connectivity index (χ3v) is 5.10. The van der Waals surface area contributed by atoms with E-state index in [4.69, 9.17) is 27.9 Å². The number of benzene rings is 1. The molecule has 0 aliphatic rings. The fourth-order valence-electron chi connectivity index (χ4n) is 2.33. The van der Waals surface area contributed by atoms with Gasteiger partial charge in [-0.15, -0.1) is 0 Å². The smallest absolute Gasteiger partial charge is 0.192 e. The molecule has 0 bridgehead atoms. The molecule has 130 valence electrons. The summed E-state index contributed by atoms with van der Waals surface area (Å²) in [7, 11) is -1.83. The monoisotopic (exact) mass is 397 g/mol. The number of imidazole rings is 1. The molecular formula is C16H13Cl2N3O3S. The number of sulfone groups is 1. The molecular weight excluding hydrogens is 385 g/mol. The van der Waals surface area contributed by atoms with Gasteiger partial charge in [-0.3, -0.25) is 4.57 Å². The number of rotatable bonds is 4. The van der Waals surface area contributed by atoms with Gasteiger partial charge in [0.25, 0.3) is 0 Å². The van der Waals surface area contributed by atoms with E-state index < -0.39 is 9.84 Å². The quantitative estimate of drug-likeness (QED) is 0.671. The second-order valence-electron chi connectivity index (χ2n) is 5.23. The Kier molecular flexibility index (Phi) is 4.73. The number of pyridine rings is 1. The topological polar surface area (TPSA) is 74.1 Å². The van der Waals surface area contributed by atoms with E-state index in [1.54, 1.807) is 22.8 Å². The summed E-state index contributed by atoms with van der Waals surface area (Å²) in [5, 5.41) is 0.722. The SMILES string of the molecule is COc1ccc(-c2c(Cl)ncn2-c2ccc(S(C)(=O)=O)nc2)cc1Cl. The Labute approximate surface area is 154 Å². The molecule has 0 N–H and O–H groups in total. The number of hydrogen-bond acceptors (Lipinski definition) is 5. The summed E-state index contributed by atoms with van der Waals surface area (Å²) in [6.07, 6.45) is 4.09. The first kappa shape index (κ1) is 17.7. The van der Waals surface area contributed by atoms with Crippen LogP contribution in [0.3, 0.4) is 0 Å². The molecule has 6 nitrogen and oxygen atoms in total. The van der Waals surface area contributed by atoms with Crippen LogP contribution in [0.15, 0.2) is 47.9 Å². The number of methoxy groups -OCH3 is 1. The van der Waals surface area contributed by atoms with Gasteiger partial charge in [0.15, 0.2) is 20.0 Å². The lowest BCUT2D eigenvalue weighted by molar-refractivity contribution is 0.415. The highest BCUT2D eigenvalue weighted by Gasteiger charge is 2.16. The van der Waals surface area contributed by atoms with Crippen molar-refractivity contribution in [2.24, 2.45) is 0 Å². The zero-order valence-electron chi connectivity index (χ0n) is 13.3. The molecule has 0 saturated carbocycles. The summed E-state index contributed by atoms with van der Waals surface area (Å²) in [6.45, 7) is 0. The first-order valence-corrected chi connectivity index (χ1v) is 9.69. The summed E-state index contributed by atoms with van der Waals surface area (Å²) >= 11 is 12.4. The summed E-state index contributed by atoms with van der Waals surface area (Å²) in [5.74, 6) is 0.548. The minimum atomic E-state index is -3.37. The standard InChI is InChI=1S/C16H13Cl2N3O3S/c1-24-13-5-3-10(7-12(13)17)15-16(18)20-9-21(15)11-4-6-14(19-8-11)25(2,22)23/h3-9H,1-2H3. The van der Waals surface area contributed by atoms with E-state index in [1.807, 2.05) is 6.07 Å². The van der Waals surface area contributed by atoms with Crippen LogP contribution >= 0.6 is 23.2 Å². The van der Waals surface area contributed by atoms with Crippen molar-refractivity contribution < 1.29 is 13.2 Å². The number of hydrogen-bond donors (Lipinski definition) is 0. The maximum absolute atomic E-state index is 11.5.